The van der Waals surface area contributed by atoms with Gasteiger partial charge in [0.1, 0.15) is 5.75 Å². The number of fused-ring (bicyclic) bond motifs is 1. The van der Waals surface area contributed by atoms with E-state index in [2.05, 4.69) is 16.9 Å². The van der Waals surface area contributed by atoms with Gasteiger partial charge in [0.25, 0.3) is 0 Å². The SMILES string of the molecule is COC(=O)CCCC1CCc2cc(OC)ccc21. The Labute approximate surface area is 108 Å². The first-order valence-electron chi connectivity index (χ1n) is 6.48. The molecule has 3 heteroatoms. The third-order valence-corrected chi connectivity index (χ3v) is 3.71. The molecule has 1 aliphatic rings. The van der Waals surface area contributed by atoms with Crippen molar-refractivity contribution in [2.75, 3.05) is 14.2 Å². The minimum atomic E-state index is -0.108. The van der Waals surface area contributed by atoms with Gasteiger partial charge in [-0.3, -0.25) is 4.79 Å². The molecule has 0 aromatic heterocycles. The van der Waals surface area contributed by atoms with E-state index in [-0.39, 0.29) is 5.97 Å². The summed E-state index contributed by atoms with van der Waals surface area (Å²) in [5.41, 5.74) is 2.83. The highest BCUT2D eigenvalue weighted by Gasteiger charge is 2.22. The van der Waals surface area contributed by atoms with Crippen LogP contribution in [0.3, 0.4) is 0 Å². The second-order valence-corrected chi connectivity index (χ2v) is 4.77. The molecule has 18 heavy (non-hydrogen) atoms. The molecule has 0 bridgehead atoms. The lowest BCUT2D eigenvalue weighted by atomic mass is 9.95. The lowest BCUT2D eigenvalue weighted by Crippen LogP contribution is -2.01. The highest BCUT2D eigenvalue weighted by molar-refractivity contribution is 5.69. The predicted octanol–water partition coefficient (Wildman–Crippen LogP) is 3.07. The van der Waals surface area contributed by atoms with E-state index in [0.29, 0.717) is 12.3 Å². The average Bonchev–Trinajstić information content (AvgIpc) is 2.81. The van der Waals surface area contributed by atoms with Crippen LogP contribution in [-0.4, -0.2) is 20.2 Å². The maximum atomic E-state index is 11.1. The van der Waals surface area contributed by atoms with E-state index < -0.39 is 0 Å². The van der Waals surface area contributed by atoms with Gasteiger partial charge in [-0.25, -0.2) is 0 Å². The van der Waals surface area contributed by atoms with Gasteiger partial charge in [-0.1, -0.05) is 6.07 Å². The highest BCUT2D eigenvalue weighted by Crippen LogP contribution is 2.38. The minimum Gasteiger partial charge on any atom is -0.497 e. The van der Waals surface area contributed by atoms with E-state index in [1.165, 1.54) is 24.7 Å². The van der Waals surface area contributed by atoms with Gasteiger partial charge in [-0.15, -0.1) is 0 Å². The summed E-state index contributed by atoms with van der Waals surface area (Å²) in [4.78, 5) is 11.1. The second-order valence-electron chi connectivity index (χ2n) is 4.77. The Morgan fingerprint density at radius 1 is 1.39 bits per heavy atom. The summed E-state index contributed by atoms with van der Waals surface area (Å²) in [5.74, 6) is 1.42. The maximum absolute atomic E-state index is 11.1. The molecule has 0 amide bonds. The summed E-state index contributed by atoms with van der Waals surface area (Å²) < 4.78 is 9.90. The molecule has 1 atom stereocenters. The van der Waals surface area contributed by atoms with Crippen LogP contribution in [0.1, 0.15) is 42.7 Å². The zero-order valence-corrected chi connectivity index (χ0v) is 11.1. The monoisotopic (exact) mass is 248 g/mol. The van der Waals surface area contributed by atoms with Crippen molar-refractivity contribution in [3.63, 3.8) is 0 Å². The molecule has 0 saturated carbocycles. The van der Waals surface area contributed by atoms with Crippen LogP contribution in [0.2, 0.25) is 0 Å². The van der Waals surface area contributed by atoms with E-state index in [9.17, 15) is 4.79 Å². The van der Waals surface area contributed by atoms with Crippen LogP contribution in [0, 0.1) is 0 Å². The molecule has 98 valence electrons. The van der Waals surface area contributed by atoms with Gasteiger partial charge in [0.15, 0.2) is 0 Å². The van der Waals surface area contributed by atoms with Crippen molar-refractivity contribution in [1.82, 2.24) is 0 Å². The van der Waals surface area contributed by atoms with Crippen LogP contribution in [0.5, 0.6) is 5.75 Å². The molecule has 0 heterocycles. The standard InChI is InChI=1S/C15H20O3/c1-17-13-8-9-14-11(6-7-12(14)10-13)4-3-5-15(16)18-2/h8-11H,3-7H2,1-2H3. The third-order valence-electron chi connectivity index (χ3n) is 3.71. The van der Waals surface area contributed by atoms with Crippen molar-refractivity contribution < 1.29 is 14.3 Å². The Hall–Kier alpha value is -1.51. The molecule has 0 radical (unpaired) electrons. The van der Waals surface area contributed by atoms with E-state index in [0.717, 1.165) is 25.0 Å². The Balaban J connectivity index is 1.93. The number of ether oxygens (including phenoxy) is 2. The van der Waals surface area contributed by atoms with E-state index >= 15 is 0 Å². The van der Waals surface area contributed by atoms with E-state index in [1.807, 2.05) is 6.07 Å². The fraction of sp³-hybridized carbons (Fsp3) is 0.533. The van der Waals surface area contributed by atoms with Crippen molar-refractivity contribution in [2.24, 2.45) is 0 Å². The molecule has 2 rings (SSSR count). The molecule has 0 N–H and O–H groups in total. The summed E-state index contributed by atoms with van der Waals surface area (Å²) in [7, 11) is 3.14. The first-order valence-corrected chi connectivity index (χ1v) is 6.48. The number of carbonyl (C=O) groups is 1. The number of aryl methyl sites for hydroxylation is 1. The molecule has 1 aromatic rings. The first kappa shape index (κ1) is 12.9. The van der Waals surface area contributed by atoms with Gasteiger partial charge < -0.3 is 9.47 Å². The molecule has 1 unspecified atom stereocenters. The molecule has 0 saturated heterocycles. The van der Waals surface area contributed by atoms with Crippen molar-refractivity contribution in [1.29, 1.82) is 0 Å². The van der Waals surface area contributed by atoms with Crippen LogP contribution >= 0.6 is 0 Å². The average molecular weight is 248 g/mol. The predicted molar refractivity (Wildman–Crippen MR) is 69.9 cm³/mol. The van der Waals surface area contributed by atoms with Crippen LogP contribution in [-0.2, 0) is 16.0 Å². The number of benzene rings is 1. The Morgan fingerprint density at radius 3 is 2.94 bits per heavy atom. The number of carbonyl (C=O) groups excluding carboxylic acids is 1. The zero-order valence-electron chi connectivity index (χ0n) is 11.1. The number of hydrogen-bond donors (Lipinski definition) is 0. The molecule has 1 aromatic carbocycles. The number of rotatable bonds is 5. The van der Waals surface area contributed by atoms with E-state index in [4.69, 9.17) is 4.74 Å². The van der Waals surface area contributed by atoms with Crippen LogP contribution in [0.15, 0.2) is 18.2 Å². The van der Waals surface area contributed by atoms with Gasteiger partial charge in [-0.05, 0) is 54.9 Å². The van der Waals surface area contributed by atoms with Crippen molar-refractivity contribution in [2.45, 2.75) is 38.0 Å². The van der Waals surface area contributed by atoms with Gasteiger partial charge in [0.2, 0.25) is 0 Å². The van der Waals surface area contributed by atoms with Crippen molar-refractivity contribution in [3.05, 3.63) is 29.3 Å². The number of hydrogen-bond acceptors (Lipinski definition) is 3. The molecule has 0 fully saturated rings. The smallest absolute Gasteiger partial charge is 0.305 e. The maximum Gasteiger partial charge on any atom is 0.305 e. The third kappa shape index (κ3) is 2.84. The number of methoxy groups -OCH3 is 2. The van der Waals surface area contributed by atoms with Gasteiger partial charge >= 0.3 is 5.97 Å². The minimum absolute atomic E-state index is 0.108. The molecular formula is C15H20O3. The summed E-state index contributed by atoms with van der Waals surface area (Å²) >= 11 is 0. The van der Waals surface area contributed by atoms with Crippen LogP contribution < -0.4 is 4.74 Å². The summed E-state index contributed by atoms with van der Waals surface area (Å²) in [6, 6.07) is 6.33. The fourth-order valence-electron chi connectivity index (χ4n) is 2.70. The lowest BCUT2D eigenvalue weighted by molar-refractivity contribution is -0.140. The molecule has 0 aliphatic heterocycles. The Kier molecular flexibility index (Phi) is 4.24. The van der Waals surface area contributed by atoms with Gasteiger partial charge in [-0.2, -0.15) is 0 Å². The van der Waals surface area contributed by atoms with Crippen molar-refractivity contribution in [3.8, 4) is 5.75 Å². The first-order chi connectivity index (χ1) is 8.74. The Morgan fingerprint density at radius 2 is 2.22 bits per heavy atom. The normalized spacial score (nSPS) is 17.3. The zero-order chi connectivity index (χ0) is 13.0. The lowest BCUT2D eigenvalue weighted by Gasteiger charge is -2.11. The molecule has 1 aliphatic carbocycles. The summed E-state index contributed by atoms with van der Waals surface area (Å²) in [5, 5.41) is 0. The fourth-order valence-corrected chi connectivity index (χ4v) is 2.70. The quantitative estimate of drug-likeness (QED) is 0.751. The second kappa shape index (κ2) is 5.89. The van der Waals surface area contributed by atoms with Crippen LogP contribution in [0.25, 0.3) is 0 Å². The van der Waals surface area contributed by atoms with Crippen molar-refractivity contribution >= 4 is 5.97 Å². The summed E-state index contributed by atoms with van der Waals surface area (Å²) in [6.07, 6.45) is 4.80. The highest BCUT2D eigenvalue weighted by atomic mass is 16.5. The Bertz CT molecular complexity index is 426. The van der Waals surface area contributed by atoms with E-state index in [1.54, 1.807) is 7.11 Å². The van der Waals surface area contributed by atoms with Gasteiger partial charge in [0, 0.05) is 6.42 Å². The largest absolute Gasteiger partial charge is 0.497 e. The summed E-state index contributed by atoms with van der Waals surface area (Å²) in [6.45, 7) is 0. The van der Waals surface area contributed by atoms with Gasteiger partial charge in [0.05, 0.1) is 14.2 Å². The number of esters is 1. The van der Waals surface area contributed by atoms with Crippen LogP contribution in [0.4, 0.5) is 0 Å². The topological polar surface area (TPSA) is 35.5 Å². The molecular weight excluding hydrogens is 228 g/mol. The molecule has 3 nitrogen and oxygen atoms in total. The molecule has 0 spiro atoms.